The predicted octanol–water partition coefficient (Wildman–Crippen LogP) is 7.35. The molecule has 30 heavy (non-hydrogen) atoms. The van der Waals surface area contributed by atoms with E-state index in [0.717, 1.165) is 22.3 Å². The highest BCUT2D eigenvalue weighted by molar-refractivity contribution is 9.10. The molecular weight excluding hydrogens is 483 g/mol. The SMILES string of the molecule is CSc1ccc(Oc2ccc(Br)cc2CN(C)C(=O)OC(C)(C)C)cc1C(F)(F)F. The molecule has 2 aromatic rings. The second-order valence-electron chi connectivity index (χ2n) is 7.55. The summed E-state index contributed by atoms with van der Waals surface area (Å²) in [6, 6.07) is 8.95. The number of carbonyl (C=O) groups excluding carboxylic acids is 1. The van der Waals surface area contributed by atoms with Gasteiger partial charge < -0.3 is 14.4 Å². The molecule has 0 aliphatic rings. The van der Waals surface area contributed by atoms with Gasteiger partial charge in [0.1, 0.15) is 17.1 Å². The molecule has 0 aliphatic carbocycles. The molecule has 0 atom stereocenters. The first kappa shape index (κ1) is 24.4. The van der Waals surface area contributed by atoms with Crippen LogP contribution in [-0.2, 0) is 17.5 Å². The highest BCUT2D eigenvalue weighted by Gasteiger charge is 2.34. The third-order valence-electron chi connectivity index (χ3n) is 3.84. The number of carbonyl (C=O) groups is 1. The lowest BCUT2D eigenvalue weighted by Crippen LogP contribution is -2.33. The number of halogens is 4. The van der Waals surface area contributed by atoms with Crippen molar-refractivity contribution in [2.75, 3.05) is 13.3 Å². The molecule has 0 saturated carbocycles. The van der Waals surface area contributed by atoms with E-state index in [0.29, 0.717) is 11.3 Å². The number of nitrogens with zero attached hydrogens (tertiary/aromatic N) is 1. The molecule has 4 nitrogen and oxygen atoms in total. The van der Waals surface area contributed by atoms with Crippen LogP contribution in [0.25, 0.3) is 0 Å². The van der Waals surface area contributed by atoms with E-state index in [9.17, 15) is 18.0 Å². The van der Waals surface area contributed by atoms with Crippen molar-refractivity contribution in [2.45, 2.75) is 44.0 Å². The number of benzene rings is 2. The molecule has 1 amide bonds. The van der Waals surface area contributed by atoms with Crippen LogP contribution in [0.4, 0.5) is 18.0 Å². The fraction of sp³-hybridized carbons (Fsp3) is 0.381. The van der Waals surface area contributed by atoms with Gasteiger partial charge in [-0.2, -0.15) is 13.2 Å². The summed E-state index contributed by atoms with van der Waals surface area (Å²) < 4.78 is 51.9. The highest BCUT2D eigenvalue weighted by atomic mass is 79.9. The van der Waals surface area contributed by atoms with Gasteiger partial charge in [-0.05, 0) is 63.4 Å². The third kappa shape index (κ3) is 6.84. The second kappa shape index (κ2) is 9.51. The molecule has 0 N–H and O–H groups in total. The number of hydrogen-bond acceptors (Lipinski definition) is 4. The lowest BCUT2D eigenvalue weighted by molar-refractivity contribution is -0.139. The lowest BCUT2D eigenvalue weighted by atomic mass is 10.1. The Morgan fingerprint density at radius 3 is 2.37 bits per heavy atom. The summed E-state index contributed by atoms with van der Waals surface area (Å²) in [5, 5.41) is 0. The van der Waals surface area contributed by atoms with E-state index in [2.05, 4.69) is 15.9 Å². The molecule has 164 valence electrons. The van der Waals surface area contributed by atoms with Crippen LogP contribution in [0.3, 0.4) is 0 Å². The fourth-order valence-electron chi connectivity index (χ4n) is 2.53. The van der Waals surface area contributed by atoms with Crippen LogP contribution in [0.1, 0.15) is 31.9 Å². The van der Waals surface area contributed by atoms with Gasteiger partial charge in [-0.25, -0.2) is 4.79 Å². The molecule has 0 fully saturated rings. The van der Waals surface area contributed by atoms with Crippen molar-refractivity contribution in [2.24, 2.45) is 0 Å². The summed E-state index contributed by atoms with van der Waals surface area (Å²) in [6.07, 6.45) is -3.42. The zero-order chi connectivity index (χ0) is 22.7. The number of ether oxygens (including phenoxy) is 2. The van der Waals surface area contributed by atoms with Crippen molar-refractivity contribution < 1.29 is 27.4 Å². The van der Waals surface area contributed by atoms with E-state index < -0.39 is 23.4 Å². The van der Waals surface area contributed by atoms with Gasteiger partial charge in [-0.15, -0.1) is 11.8 Å². The standard InChI is InChI=1S/C21H23BrF3NO3S/c1-20(2,3)29-19(27)26(4)12-13-10-14(22)6-8-17(13)28-15-7-9-18(30-5)16(11-15)21(23,24)25/h6-11H,12H2,1-5H3. The number of rotatable bonds is 5. The number of hydrogen-bond donors (Lipinski definition) is 0. The molecule has 0 spiro atoms. The normalized spacial score (nSPS) is 11.9. The summed E-state index contributed by atoms with van der Waals surface area (Å²) in [7, 11) is 1.58. The van der Waals surface area contributed by atoms with Gasteiger partial charge in [0.15, 0.2) is 0 Å². The van der Waals surface area contributed by atoms with E-state index in [1.807, 2.05) is 0 Å². The van der Waals surface area contributed by atoms with Crippen molar-refractivity contribution in [3.63, 3.8) is 0 Å². The Morgan fingerprint density at radius 1 is 1.13 bits per heavy atom. The van der Waals surface area contributed by atoms with Crippen molar-refractivity contribution in [3.8, 4) is 11.5 Å². The van der Waals surface area contributed by atoms with Gasteiger partial charge in [-0.1, -0.05) is 15.9 Å². The second-order valence-corrected chi connectivity index (χ2v) is 9.31. The fourth-order valence-corrected chi connectivity index (χ4v) is 3.54. The molecule has 0 radical (unpaired) electrons. The third-order valence-corrected chi connectivity index (χ3v) is 5.13. The minimum Gasteiger partial charge on any atom is -0.457 e. The molecule has 0 unspecified atom stereocenters. The predicted molar refractivity (Wildman–Crippen MR) is 115 cm³/mol. The number of amides is 1. The van der Waals surface area contributed by atoms with E-state index in [1.165, 1.54) is 17.0 Å². The Kier molecular flexibility index (Phi) is 7.74. The van der Waals surface area contributed by atoms with Crippen LogP contribution in [0.2, 0.25) is 0 Å². The highest BCUT2D eigenvalue weighted by Crippen LogP contribution is 2.39. The summed E-state index contributed by atoms with van der Waals surface area (Å²) in [5.41, 5.74) is -0.785. The van der Waals surface area contributed by atoms with Gasteiger partial charge in [0.25, 0.3) is 0 Å². The molecule has 2 aromatic carbocycles. The van der Waals surface area contributed by atoms with Crippen molar-refractivity contribution in [1.82, 2.24) is 4.90 Å². The van der Waals surface area contributed by atoms with E-state index in [4.69, 9.17) is 9.47 Å². The monoisotopic (exact) mass is 505 g/mol. The number of alkyl halides is 3. The average Bonchev–Trinajstić information content (AvgIpc) is 2.61. The van der Waals surface area contributed by atoms with Crippen LogP contribution in [0.5, 0.6) is 11.5 Å². The van der Waals surface area contributed by atoms with Crippen LogP contribution in [-0.4, -0.2) is 29.9 Å². The van der Waals surface area contributed by atoms with Crippen LogP contribution in [0.15, 0.2) is 45.8 Å². The first-order valence-corrected chi connectivity index (χ1v) is 11.0. The Bertz CT molecular complexity index is 913. The zero-order valence-corrected chi connectivity index (χ0v) is 19.7. The smallest absolute Gasteiger partial charge is 0.417 e. The Hall–Kier alpha value is -1.87. The molecule has 0 aliphatic heterocycles. The van der Waals surface area contributed by atoms with Crippen LogP contribution in [0, 0.1) is 0 Å². The molecular formula is C21H23BrF3NO3S. The van der Waals surface area contributed by atoms with Crippen LogP contribution < -0.4 is 4.74 Å². The maximum atomic E-state index is 13.3. The van der Waals surface area contributed by atoms with Gasteiger partial charge >= 0.3 is 12.3 Å². The molecule has 9 heteroatoms. The van der Waals surface area contributed by atoms with Crippen LogP contribution >= 0.6 is 27.7 Å². The lowest BCUT2D eigenvalue weighted by Gasteiger charge is -2.25. The van der Waals surface area contributed by atoms with Gasteiger partial charge in [0, 0.05) is 22.0 Å². The first-order chi connectivity index (χ1) is 13.8. The average molecular weight is 506 g/mol. The van der Waals surface area contributed by atoms with Crippen molar-refractivity contribution >= 4 is 33.8 Å². The summed E-state index contributed by atoms with van der Waals surface area (Å²) in [4.78, 5) is 13.8. The Balaban J connectivity index is 2.31. The first-order valence-electron chi connectivity index (χ1n) is 8.96. The maximum Gasteiger partial charge on any atom is 0.417 e. The van der Waals surface area contributed by atoms with E-state index >= 15 is 0 Å². The largest absolute Gasteiger partial charge is 0.457 e. The van der Waals surface area contributed by atoms with Gasteiger partial charge in [0.05, 0.1) is 12.1 Å². The van der Waals surface area contributed by atoms with Crippen molar-refractivity contribution in [3.05, 3.63) is 52.0 Å². The minimum absolute atomic E-state index is 0.0589. The van der Waals surface area contributed by atoms with E-state index in [-0.39, 0.29) is 17.2 Å². The maximum absolute atomic E-state index is 13.3. The molecule has 0 saturated heterocycles. The zero-order valence-electron chi connectivity index (χ0n) is 17.3. The van der Waals surface area contributed by atoms with E-state index in [1.54, 1.807) is 52.3 Å². The Labute approximate surface area is 186 Å². The molecule has 0 bridgehead atoms. The van der Waals surface area contributed by atoms with Gasteiger partial charge in [0.2, 0.25) is 0 Å². The molecule has 0 heterocycles. The summed E-state index contributed by atoms with van der Waals surface area (Å²) in [6.45, 7) is 5.45. The quantitative estimate of drug-likeness (QED) is 0.398. The number of thioether (sulfide) groups is 1. The summed E-state index contributed by atoms with van der Waals surface area (Å²) in [5.74, 6) is 0.405. The summed E-state index contributed by atoms with van der Waals surface area (Å²) >= 11 is 4.39. The topological polar surface area (TPSA) is 38.8 Å². The molecule has 0 aromatic heterocycles. The Morgan fingerprint density at radius 2 is 1.80 bits per heavy atom. The van der Waals surface area contributed by atoms with Crippen molar-refractivity contribution in [1.29, 1.82) is 0 Å². The van der Waals surface area contributed by atoms with Gasteiger partial charge in [-0.3, -0.25) is 0 Å². The molecule has 2 rings (SSSR count). The minimum atomic E-state index is -4.49.